The van der Waals surface area contributed by atoms with Crippen LogP contribution in [-0.2, 0) is 14.3 Å². The van der Waals surface area contributed by atoms with E-state index in [1.807, 2.05) is 6.92 Å². The zero-order valence-corrected chi connectivity index (χ0v) is 23.0. The molecule has 0 spiro atoms. The standard InChI is InChI=1S/C29H24Cl2FN3O5/c1-3-4-13-40-29(39)17-7-9-19(10-8-17)33-26(36)18-6-5-16(2)23(14-18)34-25-24(31)27(37)35(28(25)38)20-11-12-22(32)21(30)15-20/h5-12,14-15,34H,3-4,13H2,1-2H3,(H,33,36). The van der Waals surface area contributed by atoms with Crippen LogP contribution in [0.3, 0.4) is 0 Å². The number of rotatable bonds is 9. The molecule has 2 N–H and O–H groups in total. The fourth-order valence-corrected chi connectivity index (χ4v) is 4.18. The van der Waals surface area contributed by atoms with Crippen LogP contribution in [0.1, 0.15) is 46.0 Å². The second-order valence-electron chi connectivity index (χ2n) is 8.91. The van der Waals surface area contributed by atoms with Crippen LogP contribution < -0.4 is 15.5 Å². The highest BCUT2D eigenvalue weighted by molar-refractivity contribution is 6.53. The summed E-state index contributed by atoms with van der Waals surface area (Å²) < 4.78 is 18.8. The number of hydrogen-bond acceptors (Lipinski definition) is 6. The lowest BCUT2D eigenvalue weighted by atomic mass is 10.1. The van der Waals surface area contributed by atoms with E-state index in [1.165, 1.54) is 12.1 Å². The van der Waals surface area contributed by atoms with E-state index in [0.29, 0.717) is 29.1 Å². The van der Waals surface area contributed by atoms with Crippen molar-refractivity contribution in [3.05, 3.63) is 98.9 Å². The maximum absolute atomic E-state index is 13.6. The molecule has 1 heterocycles. The summed E-state index contributed by atoms with van der Waals surface area (Å²) in [5.41, 5.74) is 1.98. The molecule has 0 radical (unpaired) electrons. The molecule has 4 rings (SSSR count). The summed E-state index contributed by atoms with van der Waals surface area (Å²) in [6, 6.07) is 14.5. The molecule has 0 aromatic heterocycles. The molecular formula is C29H24Cl2FN3O5. The zero-order valence-electron chi connectivity index (χ0n) is 21.5. The first-order chi connectivity index (χ1) is 19.1. The van der Waals surface area contributed by atoms with E-state index in [9.17, 15) is 23.6 Å². The first-order valence-corrected chi connectivity index (χ1v) is 13.1. The van der Waals surface area contributed by atoms with Crippen LogP contribution in [0, 0.1) is 12.7 Å². The van der Waals surface area contributed by atoms with Crippen molar-refractivity contribution in [2.75, 3.05) is 22.1 Å². The van der Waals surface area contributed by atoms with Crippen molar-refractivity contribution in [2.24, 2.45) is 0 Å². The van der Waals surface area contributed by atoms with Crippen molar-refractivity contribution >= 4 is 64.0 Å². The zero-order chi connectivity index (χ0) is 29.0. The van der Waals surface area contributed by atoms with Gasteiger partial charge in [0, 0.05) is 16.9 Å². The summed E-state index contributed by atoms with van der Waals surface area (Å²) >= 11 is 12.0. The molecule has 1 aliphatic heterocycles. The molecule has 1 aliphatic rings. The summed E-state index contributed by atoms with van der Waals surface area (Å²) in [5, 5.41) is 4.99. The van der Waals surface area contributed by atoms with Crippen molar-refractivity contribution < 1.29 is 28.3 Å². The molecule has 0 atom stereocenters. The Hall–Kier alpha value is -4.21. The Morgan fingerprint density at radius 3 is 2.33 bits per heavy atom. The molecule has 0 fully saturated rings. The summed E-state index contributed by atoms with van der Waals surface area (Å²) in [6.45, 7) is 4.09. The van der Waals surface area contributed by atoms with Crippen molar-refractivity contribution in [1.29, 1.82) is 0 Å². The minimum Gasteiger partial charge on any atom is -0.462 e. The highest BCUT2D eigenvalue weighted by Gasteiger charge is 2.39. The quantitative estimate of drug-likeness (QED) is 0.171. The van der Waals surface area contributed by atoms with Crippen molar-refractivity contribution in [2.45, 2.75) is 26.7 Å². The fourth-order valence-electron chi connectivity index (χ4n) is 3.79. The van der Waals surface area contributed by atoms with Crippen LogP contribution in [-0.4, -0.2) is 30.3 Å². The first kappa shape index (κ1) is 28.8. The Morgan fingerprint density at radius 1 is 0.950 bits per heavy atom. The van der Waals surface area contributed by atoms with Gasteiger partial charge >= 0.3 is 5.97 Å². The number of imide groups is 1. The summed E-state index contributed by atoms with van der Waals surface area (Å²) in [6.07, 6.45) is 1.69. The molecule has 0 saturated carbocycles. The number of esters is 1. The van der Waals surface area contributed by atoms with Crippen LogP contribution >= 0.6 is 23.2 Å². The Kier molecular flexibility index (Phi) is 8.86. The second kappa shape index (κ2) is 12.3. The van der Waals surface area contributed by atoms with Gasteiger partial charge in [0.1, 0.15) is 16.5 Å². The van der Waals surface area contributed by atoms with E-state index < -0.39 is 29.5 Å². The van der Waals surface area contributed by atoms with Gasteiger partial charge in [0.05, 0.1) is 22.9 Å². The Bertz CT molecular complexity index is 1540. The van der Waals surface area contributed by atoms with Crippen molar-refractivity contribution in [1.82, 2.24) is 0 Å². The molecule has 0 unspecified atom stereocenters. The number of nitrogens with one attached hydrogen (secondary N) is 2. The number of unbranched alkanes of at least 4 members (excludes halogenated alkanes) is 1. The van der Waals surface area contributed by atoms with Gasteiger partial charge in [-0.15, -0.1) is 0 Å². The highest BCUT2D eigenvalue weighted by atomic mass is 35.5. The van der Waals surface area contributed by atoms with Crippen LogP contribution in [0.15, 0.2) is 71.4 Å². The maximum atomic E-state index is 13.6. The highest BCUT2D eigenvalue weighted by Crippen LogP contribution is 2.33. The molecule has 0 bridgehead atoms. The normalized spacial score (nSPS) is 13.1. The number of carbonyl (C=O) groups excluding carboxylic acids is 4. The summed E-state index contributed by atoms with van der Waals surface area (Å²) in [4.78, 5) is 51.7. The summed E-state index contributed by atoms with van der Waals surface area (Å²) in [7, 11) is 0. The van der Waals surface area contributed by atoms with E-state index in [4.69, 9.17) is 27.9 Å². The number of amides is 3. The number of carbonyl (C=O) groups is 4. The minimum atomic E-state index is -0.805. The number of halogens is 3. The van der Waals surface area contributed by atoms with Gasteiger partial charge in [-0.2, -0.15) is 0 Å². The van der Waals surface area contributed by atoms with Crippen LogP contribution in [0.5, 0.6) is 0 Å². The van der Waals surface area contributed by atoms with Crippen molar-refractivity contribution in [3.63, 3.8) is 0 Å². The van der Waals surface area contributed by atoms with Crippen LogP contribution in [0.25, 0.3) is 0 Å². The molecule has 3 aromatic rings. The van der Waals surface area contributed by atoms with E-state index >= 15 is 0 Å². The third-order valence-electron chi connectivity index (χ3n) is 6.06. The number of aryl methyl sites for hydroxylation is 1. The third kappa shape index (κ3) is 6.16. The van der Waals surface area contributed by atoms with Gasteiger partial charge in [-0.25, -0.2) is 14.1 Å². The molecule has 3 amide bonds. The lowest BCUT2D eigenvalue weighted by molar-refractivity contribution is -0.120. The van der Waals surface area contributed by atoms with Gasteiger partial charge < -0.3 is 15.4 Å². The van der Waals surface area contributed by atoms with E-state index in [1.54, 1.807) is 43.3 Å². The van der Waals surface area contributed by atoms with Gasteiger partial charge in [-0.05, 0) is 73.5 Å². The fraction of sp³-hybridized carbons (Fsp3) is 0.172. The third-order valence-corrected chi connectivity index (χ3v) is 6.70. The number of nitrogens with zero attached hydrogens (tertiary/aromatic N) is 1. The number of anilines is 3. The van der Waals surface area contributed by atoms with Gasteiger partial charge in [-0.3, -0.25) is 14.4 Å². The monoisotopic (exact) mass is 583 g/mol. The predicted octanol–water partition coefficient (Wildman–Crippen LogP) is 6.43. The number of benzene rings is 3. The maximum Gasteiger partial charge on any atom is 0.338 e. The first-order valence-electron chi connectivity index (χ1n) is 12.3. The molecule has 40 heavy (non-hydrogen) atoms. The Morgan fingerprint density at radius 2 is 1.65 bits per heavy atom. The van der Waals surface area contributed by atoms with Crippen LogP contribution in [0.4, 0.5) is 21.5 Å². The van der Waals surface area contributed by atoms with Gasteiger partial charge in [0.15, 0.2) is 0 Å². The van der Waals surface area contributed by atoms with Crippen LogP contribution in [0.2, 0.25) is 5.02 Å². The Balaban J connectivity index is 1.48. The molecule has 11 heteroatoms. The lowest BCUT2D eigenvalue weighted by Gasteiger charge is -2.16. The lowest BCUT2D eigenvalue weighted by Crippen LogP contribution is -2.32. The van der Waals surface area contributed by atoms with Gasteiger partial charge in [-0.1, -0.05) is 42.6 Å². The van der Waals surface area contributed by atoms with Gasteiger partial charge in [0.25, 0.3) is 17.7 Å². The van der Waals surface area contributed by atoms with E-state index in [2.05, 4.69) is 10.6 Å². The molecule has 0 aliphatic carbocycles. The summed E-state index contributed by atoms with van der Waals surface area (Å²) in [5.74, 6) is -3.15. The minimum absolute atomic E-state index is 0.0569. The number of ether oxygens (including phenoxy) is 1. The van der Waals surface area contributed by atoms with Gasteiger partial charge in [0.2, 0.25) is 0 Å². The average Bonchev–Trinajstić information content (AvgIpc) is 3.14. The average molecular weight is 584 g/mol. The second-order valence-corrected chi connectivity index (χ2v) is 9.69. The number of hydrogen-bond donors (Lipinski definition) is 2. The van der Waals surface area contributed by atoms with E-state index in [-0.39, 0.29) is 27.0 Å². The molecular weight excluding hydrogens is 560 g/mol. The molecule has 3 aromatic carbocycles. The SMILES string of the molecule is CCCCOC(=O)c1ccc(NC(=O)c2ccc(C)c(NC3=C(Cl)C(=O)N(c4ccc(F)c(Cl)c4)C3=O)c2)cc1. The molecule has 206 valence electrons. The topological polar surface area (TPSA) is 105 Å². The predicted molar refractivity (Wildman–Crippen MR) is 151 cm³/mol. The molecule has 8 nitrogen and oxygen atoms in total. The largest absolute Gasteiger partial charge is 0.462 e. The smallest absolute Gasteiger partial charge is 0.338 e. The Labute approximate surface area is 239 Å². The van der Waals surface area contributed by atoms with E-state index in [0.717, 1.165) is 29.9 Å². The van der Waals surface area contributed by atoms with Crippen molar-refractivity contribution in [3.8, 4) is 0 Å². The molecule has 0 saturated heterocycles.